The number of piperidine rings is 1. The summed E-state index contributed by atoms with van der Waals surface area (Å²) in [5.41, 5.74) is 0.957. The minimum Gasteiger partial charge on any atom is -0.469 e. The van der Waals surface area contributed by atoms with E-state index < -0.39 is 27.8 Å². The number of likely N-dealkylation sites (tertiary alicyclic amines) is 1. The predicted octanol–water partition coefficient (Wildman–Crippen LogP) is 3.63. The number of methoxy groups -OCH3 is 1. The van der Waals surface area contributed by atoms with Crippen molar-refractivity contribution < 1.29 is 22.7 Å². The third-order valence-electron chi connectivity index (χ3n) is 6.80. The van der Waals surface area contributed by atoms with Gasteiger partial charge in [0.05, 0.1) is 30.2 Å². The van der Waals surface area contributed by atoms with Crippen LogP contribution in [0.25, 0.3) is 0 Å². The fourth-order valence-electron chi connectivity index (χ4n) is 4.64. The molecule has 1 saturated carbocycles. The number of benzene rings is 1. The van der Waals surface area contributed by atoms with Crippen molar-refractivity contribution in [2.45, 2.75) is 63.3 Å². The molecule has 1 heterocycles. The number of rotatable bonds is 9. The second-order valence-electron chi connectivity index (χ2n) is 8.90. The molecule has 1 aliphatic carbocycles. The van der Waals surface area contributed by atoms with E-state index in [1.54, 1.807) is 26.1 Å². The summed E-state index contributed by atoms with van der Waals surface area (Å²) in [4.78, 5) is 27.7. The molecule has 32 heavy (non-hydrogen) atoms. The van der Waals surface area contributed by atoms with Crippen LogP contribution in [0.1, 0.15) is 57.6 Å². The fourth-order valence-corrected chi connectivity index (χ4v) is 6.39. The Morgan fingerprint density at radius 1 is 1.22 bits per heavy atom. The van der Waals surface area contributed by atoms with Crippen LogP contribution in [-0.2, 0) is 24.3 Å². The second kappa shape index (κ2) is 10.1. The SMILES string of the molecule is CCC(CN(C)S(=O)(=O)C1CC1)N1C(=O)C(C(C)C(=O)OC)CCC1c1ccc(Cl)cc1. The monoisotopic (exact) mass is 484 g/mol. The van der Waals surface area contributed by atoms with Crippen molar-refractivity contribution in [3.63, 3.8) is 0 Å². The molecule has 0 spiro atoms. The van der Waals surface area contributed by atoms with E-state index in [4.69, 9.17) is 16.3 Å². The van der Waals surface area contributed by atoms with Gasteiger partial charge in [-0.15, -0.1) is 0 Å². The Bertz CT molecular complexity index is 932. The highest BCUT2D eigenvalue weighted by Gasteiger charge is 2.45. The molecule has 0 aromatic heterocycles. The first kappa shape index (κ1) is 25.0. The zero-order chi connectivity index (χ0) is 23.6. The van der Waals surface area contributed by atoms with Crippen LogP contribution < -0.4 is 0 Å². The van der Waals surface area contributed by atoms with Gasteiger partial charge in [0.15, 0.2) is 0 Å². The molecule has 178 valence electrons. The summed E-state index contributed by atoms with van der Waals surface area (Å²) in [5.74, 6) is -1.59. The van der Waals surface area contributed by atoms with E-state index in [-0.39, 0.29) is 29.8 Å². The van der Waals surface area contributed by atoms with Gasteiger partial charge < -0.3 is 9.64 Å². The summed E-state index contributed by atoms with van der Waals surface area (Å²) in [7, 11) is -0.438. The number of nitrogens with zero attached hydrogens (tertiary/aromatic N) is 2. The van der Waals surface area contributed by atoms with Crippen LogP contribution in [-0.4, -0.2) is 61.5 Å². The van der Waals surface area contributed by atoms with Gasteiger partial charge in [0.2, 0.25) is 15.9 Å². The van der Waals surface area contributed by atoms with E-state index in [9.17, 15) is 18.0 Å². The van der Waals surface area contributed by atoms with Gasteiger partial charge in [-0.2, -0.15) is 0 Å². The van der Waals surface area contributed by atoms with Crippen molar-refractivity contribution in [3.8, 4) is 0 Å². The summed E-state index contributed by atoms with van der Waals surface area (Å²) in [6, 6.07) is 6.90. The number of halogens is 1. The van der Waals surface area contributed by atoms with Gasteiger partial charge in [-0.1, -0.05) is 37.6 Å². The van der Waals surface area contributed by atoms with Gasteiger partial charge in [0, 0.05) is 24.7 Å². The van der Waals surface area contributed by atoms with Crippen molar-refractivity contribution in [2.75, 3.05) is 20.7 Å². The zero-order valence-corrected chi connectivity index (χ0v) is 20.7. The number of amides is 1. The van der Waals surface area contributed by atoms with Crippen LogP contribution in [0.5, 0.6) is 0 Å². The van der Waals surface area contributed by atoms with Gasteiger partial charge >= 0.3 is 5.97 Å². The van der Waals surface area contributed by atoms with Crippen LogP contribution in [0.4, 0.5) is 0 Å². The predicted molar refractivity (Wildman–Crippen MR) is 124 cm³/mol. The molecule has 1 saturated heterocycles. The lowest BCUT2D eigenvalue weighted by Gasteiger charge is -2.45. The molecule has 1 amide bonds. The maximum atomic E-state index is 13.7. The summed E-state index contributed by atoms with van der Waals surface area (Å²) < 4.78 is 31.8. The zero-order valence-electron chi connectivity index (χ0n) is 19.2. The Kier molecular flexibility index (Phi) is 7.89. The average molecular weight is 485 g/mol. The number of carbonyl (C=O) groups is 2. The van der Waals surface area contributed by atoms with Crippen LogP contribution in [0, 0.1) is 11.8 Å². The van der Waals surface area contributed by atoms with E-state index in [1.807, 2.05) is 24.0 Å². The maximum Gasteiger partial charge on any atom is 0.309 e. The first-order valence-corrected chi connectivity index (χ1v) is 13.1. The van der Waals surface area contributed by atoms with Crippen molar-refractivity contribution in [2.24, 2.45) is 11.8 Å². The second-order valence-corrected chi connectivity index (χ2v) is 11.7. The van der Waals surface area contributed by atoms with Crippen molar-refractivity contribution in [3.05, 3.63) is 34.9 Å². The van der Waals surface area contributed by atoms with E-state index >= 15 is 0 Å². The molecule has 1 aromatic rings. The van der Waals surface area contributed by atoms with E-state index in [1.165, 1.54) is 11.4 Å². The summed E-state index contributed by atoms with van der Waals surface area (Å²) in [6.45, 7) is 3.91. The normalized spacial score (nSPS) is 23.8. The van der Waals surface area contributed by atoms with Gasteiger partial charge in [0.1, 0.15) is 0 Å². The van der Waals surface area contributed by atoms with Crippen molar-refractivity contribution >= 4 is 33.5 Å². The molecular formula is C23H33ClN2O5S. The number of sulfonamides is 1. The summed E-state index contributed by atoms with van der Waals surface area (Å²) in [6.07, 6.45) is 3.22. The number of hydrogen-bond donors (Lipinski definition) is 0. The Balaban J connectivity index is 1.93. The summed E-state index contributed by atoms with van der Waals surface area (Å²) in [5, 5.41) is 0.308. The molecule has 9 heteroatoms. The Morgan fingerprint density at radius 3 is 2.38 bits per heavy atom. The maximum absolute atomic E-state index is 13.7. The van der Waals surface area contributed by atoms with E-state index in [0.29, 0.717) is 37.1 Å². The number of hydrogen-bond acceptors (Lipinski definition) is 5. The van der Waals surface area contributed by atoms with Gasteiger partial charge in [0.25, 0.3) is 0 Å². The largest absolute Gasteiger partial charge is 0.469 e. The standard InChI is InChI=1S/C23H33ClN2O5S/c1-5-18(14-25(3)32(29,30)19-10-11-19)26-21(16-6-8-17(24)9-7-16)13-12-20(22(26)27)15(2)23(28)31-4/h6-9,15,18-21H,5,10-14H2,1-4H3. The fraction of sp³-hybridized carbons (Fsp3) is 0.652. The Morgan fingerprint density at radius 2 is 1.84 bits per heavy atom. The van der Waals surface area contributed by atoms with E-state index in [0.717, 1.165) is 5.56 Å². The molecule has 4 unspecified atom stereocenters. The molecule has 7 nitrogen and oxygen atoms in total. The molecule has 1 aliphatic heterocycles. The third kappa shape index (κ3) is 5.13. The van der Waals surface area contributed by atoms with E-state index in [2.05, 4.69) is 0 Å². The van der Waals surface area contributed by atoms with Gasteiger partial charge in [-0.25, -0.2) is 12.7 Å². The number of ether oxygens (including phenoxy) is 1. The number of likely N-dealkylation sites (N-methyl/N-ethyl adjacent to an activating group) is 1. The quantitative estimate of drug-likeness (QED) is 0.500. The number of carbonyl (C=O) groups excluding carboxylic acids is 2. The molecule has 3 rings (SSSR count). The van der Waals surface area contributed by atoms with Gasteiger partial charge in [-0.05, 0) is 49.8 Å². The third-order valence-corrected chi connectivity index (χ3v) is 9.39. The molecule has 0 N–H and O–H groups in total. The highest BCUT2D eigenvalue weighted by Crippen LogP contribution is 2.40. The molecule has 0 radical (unpaired) electrons. The van der Waals surface area contributed by atoms with Crippen molar-refractivity contribution in [1.29, 1.82) is 0 Å². The van der Waals surface area contributed by atoms with Crippen molar-refractivity contribution in [1.82, 2.24) is 9.21 Å². The van der Waals surface area contributed by atoms with Crippen LogP contribution in [0.3, 0.4) is 0 Å². The topological polar surface area (TPSA) is 84.0 Å². The first-order chi connectivity index (χ1) is 15.1. The lowest BCUT2D eigenvalue weighted by atomic mass is 9.80. The number of esters is 1. The van der Waals surface area contributed by atoms with Gasteiger partial charge in [-0.3, -0.25) is 9.59 Å². The highest BCUT2D eigenvalue weighted by molar-refractivity contribution is 7.90. The molecular weight excluding hydrogens is 452 g/mol. The molecule has 2 fully saturated rings. The summed E-state index contributed by atoms with van der Waals surface area (Å²) >= 11 is 6.07. The lowest BCUT2D eigenvalue weighted by molar-refractivity contribution is -0.158. The Labute approximate surface area is 196 Å². The lowest BCUT2D eigenvalue weighted by Crippen LogP contribution is -2.54. The van der Waals surface area contributed by atoms with Crippen LogP contribution >= 0.6 is 11.6 Å². The molecule has 2 aliphatic rings. The van der Waals surface area contributed by atoms with Crippen LogP contribution in [0.2, 0.25) is 5.02 Å². The molecule has 4 atom stereocenters. The minimum atomic E-state index is -3.36. The molecule has 0 bridgehead atoms. The highest BCUT2D eigenvalue weighted by atomic mass is 35.5. The minimum absolute atomic E-state index is 0.127. The Hall–Kier alpha value is -1.64. The molecule has 1 aromatic carbocycles. The first-order valence-electron chi connectivity index (χ1n) is 11.2. The van der Waals surface area contributed by atoms with Crippen LogP contribution in [0.15, 0.2) is 24.3 Å². The smallest absolute Gasteiger partial charge is 0.309 e. The average Bonchev–Trinajstić information content (AvgIpc) is 3.63.